The van der Waals surface area contributed by atoms with Crippen LogP contribution in [-0.2, 0) is 36.0 Å². The van der Waals surface area contributed by atoms with Gasteiger partial charge in [-0.15, -0.1) is 0 Å². The molecule has 0 radical (unpaired) electrons. The molecule has 0 atom stereocenters. The Labute approximate surface area is 206 Å². The fraction of sp³-hybridized carbons (Fsp3) is 0.435. The Morgan fingerprint density at radius 3 is 2.17 bits per heavy atom. The van der Waals surface area contributed by atoms with Crippen LogP contribution in [-0.4, -0.2) is 73.6 Å². The van der Waals surface area contributed by atoms with Gasteiger partial charge < -0.3 is 14.8 Å². The summed E-state index contributed by atoms with van der Waals surface area (Å²) in [6.07, 6.45) is 2.32. The van der Waals surface area contributed by atoms with E-state index >= 15 is 0 Å². The minimum atomic E-state index is -3.63. The summed E-state index contributed by atoms with van der Waals surface area (Å²) < 4.78 is 63.6. The molecule has 35 heavy (non-hydrogen) atoms. The standard InChI is InChI=1S/C23H31N3O7S2/c1-32-17-14-25-34(28,29)21-10-6-20(7-11-21)33-18-23(27)24-13-12-19-4-8-22(9-5-19)35(30,31)26-15-2-3-16-26/h4-11,25H,2-3,12-18H2,1H3,(H,24,27). The van der Waals surface area contributed by atoms with Gasteiger partial charge in [-0.2, -0.15) is 4.31 Å². The lowest BCUT2D eigenvalue weighted by atomic mass is 10.1. The monoisotopic (exact) mass is 525 g/mol. The van der Waals surface area contributed by atoms with Gasteiger partial charge in [0.05, 0.1) is 16.4 Å². The molecular weight excluding hydrogens is 494 g/mol. The number of amides is 1. The second-order valence-electron chi connectivity index (χ2n) is 8.01. The average molecular weight is 526 g/mol. The molecule has 3 rings (SSSR count). The van der Waals surface area contributed by atoms with Crippen molar-refractivity contribution in [1.82, 2.24) is 14.3 Å². The van der Waals surface area contributed by atoms with Gasteiger partial charge in [0.25, 0.3) is 5.91 Å². The van der Waals surface area contributed by atoms with Gasteiger partial charge in [-0.05, 0) is 61.2 Å². The van der Waals surface area contributed by atoms with Gasteiger partial charge in [0, 0.05) is 33.3 Å². The summed E-state index contributed by atoms with van der Waals surface area (Å²) in [5, 5.41) is 2.75. The highest BCUT2D eigenvalue weighted by Gasteiger charge is 2.26. The van der Waals surface area contributed by atoms with Crippen LogP contribution in [0, 0.1) is 0 Å². The number of sulfonamides is 2. The van der Waals surface area contributed by atoms with E-state index in [-0.39, 0.29) is 35.5 Å². The summed E-state index contributed by atoms with van der Waals surface area (Å²) in [6, 6.07) is 12.5. The molecule has 10 nitrogen and oxygen atoms in total. The number of nitrogens with zero attached hydrogens (tertiary/aromatic N) is 1. The average Bonchev–Trinajstić information content (AvgIpc) is 3.40. The topological polar surface area (TPSA) is 131 Å². The van der Waals surface area contributed by atoms with Gasteiger partial charge in [-0.1, -0.05) is 12.1 Å². The van der Waals surface area contributed by atoms with Crippen molar-refractivity contribution in [3.05, 3.63) is 54.1 Å². The minimum absolute atomic E-state index is 0.0876. The van der Waals surface area contributed by atoms with Crippen LogP contribution in [0.15, 0.2) is 58.3 Å². The fourth-order valence-electron chi connectivity index (χ4n) is 3.53. The molecule has 0 aromatic heterocycles. The van der Waals surface area contributed by atoms with E-state index in [1.165, 1.54) is 35.7 Å². The van der Waals surface area contributed by atoms with Gasteiger partial charge in [0.1, 0.15) is 5.75 Å². The number of benzene rings is 2. The molecule has 0 saturated carbocycles. The van der Waals surface area contributed by atoms with Crippen molar-refractivity contribution in [3.63, 3.8) is 0 Å². The third-order valence-electron chi connectivity index (χ3n) is 5.46. The lowest BCUT2D eigenvalue weighted by Gasteiger charge is -2.15. The van der Waals surface area contributed by atoms with Crippen LogP contribution < -0.4 is 14.8 Å². The van der Waals surface area contributed by atoms with E-state index in [2.05, 4.69) is 10.0 Å². The Hall–Kier alpha value is -2.51. The second kappa shape index (κ2) is 12.5. The quantitative estimate of drug-likeness (QED) is 0.375. The first kappa shape index (κ1) is 27.1. The predicted octanol–water partition coefficient (Wildman–Crippen LogP) is 1.13. The first-order valence-corrected chi connectivity index (χ1v) is 14.2. The molecule has 0 unspecified atom stereocenters. The molecule has 0 spiro atoms. The minimum Gasteiger partial charge on any atom is -0.484 e. The molecule has 1 amide bonds. The van der Waals surface area contributed by atoms with Crippen molar-refractivity contribution in [2.24, 2.45) is 0 Å². The molecule has 12 heteroatoms. The summed E-state index contributed by atoms with van der Waals surface area (Å²) >= 11 is 0. The predicted molar refractivity (Wildman–Crippen MR) is 130 cm³/mol. The lowest BCUT2D eigenvalue weighted by molar-refractivity contribution is -0.123. The Morgan fingerprint density at radius 2 is 1.54 bits per heavy atom. The summed E-state index contributed by atoms with van der Waals surface area (Å²) in [4.78, 5) is 12.4. The van der Waals surface area contributed by atoms with E-state index in [0.717, 1.165) is 18.4 Å². The van der Waals surface area contributed by atoms with Crippen molar-refractivity contribution in [1.29, 1.82) is 0 Å². The number of rotatable bonds is 13. The maximum absolute atomic E-state index is 12.6. The third-order valence-corrected chi connectivity index (χ3v) is 8.85. The number of hydrogen-bond acceptors (Lipinski definition) is 7. The van der Waals surface area contributed by atoms with Crippen molar-refractivity contribution < 1.29 is 31.1 Å². The van der Waals surface area contributed by atoms with Crippen LogP contribution in [0.1, 0.15) is 18.4 Å². The van der Waals surface area contributed by atoms with Crippen molar-refractivity contribution >= 4 is 26.0 Å². The highest BCUT2D eigenvalue weighted by atomic mass is 32.2. The van der Waals surface area contributed by atoms with Crippen molar-refractivity contribution in [3.8, 4) is 5.75 Å². The molecule has 192 valence electrons. The van der Waals surface area contributed by atoms with E-state index in [1.807, 2.05) is 0 Å². The summed E-state index contributed by atoms with van der Waals surface area (Å²) in [5.41, 5.74) is 0.905. The molecular formula is C23H31N3O7S2. The largest absolute Gasteiger partial charge is 0.484 e. The summed E-state index contributed by atoms with van der Waals surface area (Å²) in [5.74, 6) is 0.0435. The highest BCUT2D eigenvalue weighted by Crippen LogP contribution is 2.21. The maximum Gasteiger partial charge on any atom is 0.257 e. The molecule has 2 N–H and O–H groups in total. The van der Waals surface area contributed by atoms with Crippen molar-refractivity contribution in [2.45, 2.75) is 29.1 Å². The van der Waals surface area contributed by atoms with Gasteiger partial charge in [-0.25, -0.2) is 21.6 Å². The number of nitrogens with one attached hydrogen (secondary N) is 2. The molecule has 1 aliphatic rings. The molecule has 1 fully saturated rings. The Kier molecular flexibility index (Phi) is 9.63. The molecule has 1 heterocycles. The molecule has 2 aromatic carbocycles. The van der Waals surface area contributed by atoms with Crippen LogP contribution >= 0.6 is 0 Å². The maximum atomic E-state index is 12.6. The second-order valence-corrected chi connectivity index (χ2v) is 11.7. The number of hydrogen-bond donors (Lipinski definition) is 2. The zero-order valence-corrected chi connectivity index (χ0v) is 21.2. The van der Waals surface area contributed by atoms with E-state index in [4.69, 9.17) is 9.47 Å². The Balaban J connectivity index is 1.40. The van der Waals surface area contributed by atoms with Gasteiger partial charge in [0.2, 0.25) is 20.0 Å². The van der Waals surface area contributed by atoms with Crippen molar-refractivity contribution in [2.75, 3.05) is 46.5 Å². The number of carbonyl (C=O) groups excluding carboxylic acids is 1. The Bertz CT molecular complexity index is 1180. The molecule has 2 aromatic rings. The lowest BCUT2D eigenvalue weighted by Crippen LogP contribution is -2.30. The first-order valence-electron chi connectivity index (χ1n) is 11.3. The molecule has 1 saturated heterocycles. The van der Waals surface area contributed by atoms with E-state index in [0.29, 0.717) is 31.8 Å². The van der Waals surface area contributed by atoms with Crippen LogP contribution in [0.4, 0.5) is 0 Å². The van der Waals surface area contributed by atoms with Crippen LogP contribution in [0.2, 0.25) is 0 Å². The van der Waals surface area contributed by atoms with Gasteiger partial charge in [-0.3, -0.25) is 4.79 Å². The molecule has 1 aliphatic heterocycles. The van der Waals surface area contributed by atoms with E-state index in [1.54, 1.807) is 24.3 Å². The zero-order chi connectivity index (χ0) is 25.3. The van der Waals surface area contributed by atoms with Crippen LogP contribution in [0.3, 0.4) is 0 Å². The number of methoxy groups -OCH3 is 1. The summed E-state index contributed by atoms with van der Waals surface area (Å²) in [6.45, 7) is 1.71. The SMILES string of the molecule is COCCNS(=O)(=O)c1ccc(OCC(=O)NCCc2ccc(S(=O)(=O)N3CCCC3)cc2)cc1. The van der Waals surface area contributed by atoms with Crippen LogP contribution in [0.25, 0.3) is 0 Å². The van der Waals surface area contributed by atoms with Gasteiger partial charge in [0.15, 0.2) is 6.61 Å². The third kappa shape index (κ3) is 7.74. The molecule has 0 bridgehead atoms. The highest BCUT2D eigenvalue weighted by molar-refractivity contribution is 7.89. The summed E-state index contributed by atoms with van der Waals surface area (Å²) in [7, 11) is -5.58. The fourth-order valence-corrected chi connectivity index (χ4v) is 6.06. The number of ether oxygens (including phenoxy) is 2. The zero-order valence-electron chi connectivity index (χ0n) is 19.6. The Morgan fingerprint density at radius 1 is 0.914 bits per heavy atom. The number of carbonyl (C=O) groups is 1. The van der Waals surface area contributed by atoms with Crippen LogP contribution in [0.5, 0.6) is 5.75 Å². The van der Waals surface area contributed by atoms with E-state index in [9.17, 15) is 21.6 Å². The smallest absolute Gasteiger partial charge is 0.257 e. The van der Waals surface area contributed by atoms with Gasteiger partial charge >= 0.3 is 0 Å². The molecule has 0 aliphatic carbocycles. The normalized spacial score (nSPS) is 14.7. The van der Waals surface area contributed by atoms with E-state index < -0.39 is 20.0 Å². The first-order chi connectivity index (χ1) is 16.7.